The number of aromatic nitrogens is 2. The zero-order valence-electron chi connectivity index (χ0n) is 14.0. The highest BCUT2D eigenvalue weighted by Crippen LogP contribution is 2.14. The molecule has 138 valence electrons. The number of hydrogen-bond acceptors (Lipinski definition) is 8. The van der Waals surface area contributed by atoms with Crippen LogP contribution in [-0.4, -0.2) is 68.7 Å². The lowest BCUT2D eigenvalue weighted by atomic mass is 10.3. The molecule has 0 spiro atoms. The lowest BCUT2D eigenvalue weighted by Crippen LogP contribution is -2.33. The van der Waals surface area contributed by atoms with E-state index < -0.39 is 17.8 Å². The van der Waals surface area contributed by atoms with Gasteiger partial charge in [0.25, 0.3) is 5.91 Å². The number of carbonyl (C=O) groups is 3. The van der Waals surface area contributed by atoms with Crippen LogP contribution in [0, 0.1) is 0 Å². The van der Waals surface area contributed by atoms with Gasteiger partial charge in [0.15, 0.2) is 11.4 Å². The number of aromatic carboxylic acids is 1. The average molecular weight is 363 g/mol. The molecular formula is C16H17N3O7. The Morgan fingerprint density at radius 2 is 1.54 bits per heavy atom. The van der Waals surface area contributed by atoms with Gasteiger partial charge in [-0.05, 0) is 24.3 Å². The van der Waals surface area contributed by atoms with E-state index >= 15 is 0 Å². The van der Waals surface area contributed by atoms with Crippen molar-refractivity contribution < 1.29 is 34.4 Å². The number of methoxy groups -OCH3 is 1. The average Bonchev–Trinajstić information content (AvgIpc) is 2.62. The molecule has 0 bridgehead atoms. The first-order valence-electron chi connectivity index (χ1n) is 7.11. The Balaban J connectivity index is 0.000000289. The number of amides is 1. The number of esters is 1. The highest BCUT2D eigenvalue weighted by molar-refractivity contribution is 5.96. The van der Waals surface area contributed by atoms with E-state index in [-0.39, 0.29) is 29.4 Å². The third-order valence-corrected chi connectivity index (χ3v) is 2.92. The van der Waals surface area contributed by atoms with Crippen LogP contribution in [0.15, 0.2) is 36.7 Å². The molecule has 0 saturated heterocycles. The maximum atomic E-state index is 11.7. The van der Waals surface area contributed by atoms with E-state index in [0.29, 0.717) is 0 Å². The molecule has 2 rings (SSSR count). The smallest absolute Gasteiger partial charge is 0.358 e. The molecule has 0 unspecified atom stereocenters. The second-order valence-electron chi connectivity index (χ2n) is 4.78. The first kappa shape index (κ1) is 20.4. The summed E-state index contributed by atoms with van der Waals surface area (Å²) < 4.78 is 4.42. The van der Waals surface area contributed by atoms with E-state index in [1.807, 2.05) is 0 Å². The number of hydrogen-bond donors (Lipinski definition) is 3. The Kier molecular flexibility index (Phi) is 7.49. The third kappa shape index (κ3) is 5.74. The Labute approximate surface area is 148 Å². The number of carboxylic acids is 1. The normalized spacial score (nSPS) is 9.46. The molecule has 26 heavy (non-hydrogen) atoms. The number of aromatic hydroxyl groups is 2. The summed E-state index contributed by atoms with van der Waals surface area (Å²) >= 11 is 0. The largest absolute Gasteiger partial charge is 0.505 e. The molecule has 10 nitrogen and oxygen atoms in total. The Morgan fingerprint density at radius 3 is 1.92 bits per heavy atom. The van der Waals surface area contributed by atoms with Crippen LogP contribution in [0.1, 0.15) is 21.0 Å². The van der Waals surface area contributed by atoms with Crippen LogP contribution < -0.4 is 0 Å². The zero-order chi connectivity index (χ0) is 19.7. The molecule has 0 saturated carbocycles. The van der Waals surface area contributed by atoms with Crippen LogP contribution in [0.25, 0.3) is 0 Å². The van der Waals surface area contributed by atoms with Gasteiger partial charge in [-0.15, -0.1) is 0 Å². The first-order chi connectivity index (χ1) is 12.3. The van der Waals surface area contributed by atoms with E-state index in [9.17, 15) is 19.5 Å². The van der Waals surface area contributed by atoms with Crippen molar-refractivity contribution >= 4 is 17.8 Å². The summed E-state index contributed by atoms with van der Waals surface area (Å²) in [7, 11) is 2.66. The molecule has 0 radical (unpaired) electrons. The maximum Gasteiger partial charge on any atom is 0.358 e. The quantitative estimate of drug-likeness (QED) is 0.660. The minimum atomic E-state index is -1.22. The molecule has 1 amide bonds. The lowest BCUT2D eigenvalue weighted by molar-refractivity contribution is -0.141. The van der Waals surface area contributed by atoms with Crippen molar-refractivity contribution in [1.29, 1.82) is 0 Å². The van der Waals surface area contributed by atoms with Crippen LogP contribution >= 0.6 is 0 Å². The lowest BCUT2D eigenvalue weighted by Gasteiger charge is -2.15. The fourth-order valence-electron chi connectivity index (χ4n) is 1.63. The predicted octanol–water partition coefficient (Wildman–Crippen LogP) is 0.518. The van der Waals surface area contributed by atoms with E-state index in [2.05, 4.69) is 14.7 Å². The van der Waals surface area contributed by atoms with E-state index in [0.717, 1.165) is 4.90 Å². The van der Waals surface area contributed by atoms with E-state index in [4.69, 9.17) is 10.2 Å². The van der Waals surface area contributed by atoms with Gasteiger partial charge in [0, 0.05) is 19.4 Å². The standard InChI is InChI=1S/C10H12N2O4.C6H5NO3/c1-12(6-8(14)16-2)10(15)9-7(13)4-3-5-11-9;8-4-2-1-3-7-5(4)6(9)10/h3-5,13H,6H2,1-2H3;1-3,8H,(H,9,10). The Hall–Kier alpha value is -3.69. The number of likely N-dealkylation sites (N-methyl/N-ethyl adjacent to an activating group) is 1. The van der Waals surface area contributed by atoms with Crippen molar-refractivity contribution in [2.45, 2.75) is 0 Å². The van der Waals surface area contributed by atoms with Crippen molar-refractivity contribution in [2.75, 3.05) is 20.7 Å². The number of nitrogens with zero attached hydrogens (tertiary/aromatic N) is 3. The topological polar surface area (TPSA) is 150 Å². The number of ether oxygens (including phenoxy) is 1. The van der Waals surface area contributed by atoms with Gasteiger partial charge < -0.3 is 25.0 Å². The molecule has 0 aliphatic carbocycles. The van der Waals surface area contributed by atoms with Gasteiger partial charge in [0.2, 0.25) is 0 Å². The van der Waals surface area contributed by atoms with Crippen LogP contribution in [0.3, 0.4) is 0 Å². The van der Waals surface area contributed by atoms with Crippen LogP contribution in [0.4, 0.5) is 0 Å². The number of carbonyl (C=O) groups excluding carboxylic acids is 2. The van der Waals surface area contributed by atoms with Crippen LogP contribution in [0.2, 0.25) is 0 Å². The highest BCUT2D eigenvalue weighted by atomic mass is 16.5. The fourth-order valence-corrected chi connectivity index (χ4v) is 1.63. The second-order valence-corrected chi connectivity index (χ2v) is 4.78. The number of rotatable bonds is 4. The number of carboxylic acid groups (broad SMARTS) is 1. The molecule has 2 heterocycles. The van der Waals surface area contributed by atoms with Gasteiger partial charge in [-0.3, -0.25) is 9.59 Å². The van der Waals surface area contributed by atoms with Crippen LogP contribution in [-0.2, 0) is 9.53 Å². The Morgan fingerprint density at radius 1 is 1.04 bits per heavy atom. The van der Waals surface area contributed by atoms with Gasteiger partial charge >= 0.3 is 11.9 Å². The summed E-state index contributed by atoms with van der Waals surface area (Å²) in [5.74, 6) is -2.83. The molecule has 0 aliphatic heterocycles. The molecule has 0 fully saturated rings. The minimum absolute atomic E-state index is 0.0890. The van der Waals surface area contributed by atoms with Gasteiger partial charge in [0.05, 0.1) is 7.11 Å². The molecule has 2 aromatic rings. The summed E-state index contributed by atoms with van der Waals surface area (Å²) in [5, 5.41) is 26.6. The van der Waals surface area contributed by atoms with Crippen molar-refractivity contribution in [3.05, 3.63) is 48.0 Å². The summed E-state index contributed by atoms with van der Waals surface area (Å²) in [4.78, 5) is 41.1. The van der Waals surface area contributed by atoms with E-state index in [1.54, 1.807) is 0 Å². The first-order valence-corrected chi connectivity index (χ1v) is 7.11. The summed E-state index contributed by atoms with van der Waals surface area (Å²) in [5.41, 5.74) is -0.406. The fraction of sp³-hybridized carbons (Fsp3) is 0.188. The molecule has 2 aromatic heterocycles. The number of pyridine rings is 2. The summed E-state index contributed by atoms with van der Waals surface area (Å²) in [6.45, 7) is -0.189. The second kappa shape index (κ2) is 9.57. The van der Waals surface area contributed by atoms with E-state index in [1.165, 1.54) is 50.8 Å². The maximum absolute atomic E-state index is 11.7. The molecule has 0 aliphatic rings. The van der Waals surface area contributed by atoms with Gasteiger partial charge in [-0.25, -0.2) is 14.8 Å². The molecule has 3 N–H and O–H groups in total. The summed E-state index contributed by atoms with van der Waals surface area (Å²) in [6, 6.07) is 5.59. The van der Waals surface area contributed by atoms with Gasteiger partial charge in [0.1, 0.15) is 18.0 Å². The van der Waals surface area contributed by atoms with Crippen molar-refractivity contribution in [2.24, 2.45) is 0 Å². The SMILES string of the molecule is COC(=O)CN(C)C(=O)c1ncccc1O.O=C(O)c1ncccc1O. The molecule has 0 atom stereocenters. The third-order valence-electron chi connectivity index (χ3n) is 2.92. The molecule has 0 aromatic carbocycles. The minimum Gasteiger partial charge on any atom is -0.505 e. The molecule has 10 heteroatoms. The van der Waals surface area contributed by atoms with Crippen molar-refractivity contribution in [3.8, 4) is 11.5 Å². The van der Waals surface area contributed by atoms with Crippen molar-refractivity contribution in [3.63, 3.8) is 0 Å². The molecular weight excluding hydrogens is 346 g/mol. The van der Waals surface area contributed by atoms with Crippen molar-refractivity contribution in [1.82, 2.24) is 14.9 Å². The summed E-state index contributed by atoms with van der Waals surface area (Å²) in [6.07, 6.45) is 2.70. The monoisotopic (exact) mass is 363 g/mol. The Bertz CT molecular complexity index is 795. The zero-order valence-corrected chi connectivity index (χ0v) is 14.0. The van der Waals surface area contributed by atoms with Gasteiger partial charge in [-0.1, -0.05) is 0 Å². The van der Waals surface area contributed by atoms with Crippen LogP contribution in [0.5, 0.6) is 11.5 Å². The predicted molar refractivity (Wildman–Crippen MR) is 87.7 cm³/mol. The van der Waals surface area contributed by atoms with Gasteiger partial charge in [-0.2, -0.15) is 0 Å². The highest BCUT2D eigenvalue weighted by Gasteiger charge is 2.19.